The summed E-state index contributed by atoms with van der Waals surface area (Å²) in [7, 11) is -3.89. The van der Waals surface area contributed by atoms with Crippen molar-refractivity contribution in [3.8, 4) is 0 Å². The second-order valence-corrected chi connectivity index (χ2v) is 9.70. The SMILES string of the molecule is Cc1cc(C)c(S(=O)(=O)N[C@@H](CC(C)C)C(=O)N[C@H]2CCCOC2O)c(C)c1. The van der Waals surface area contributed by atoms with Crippen molar-refractivity contribution in [1.82, 2.24) is 10.0 Å². The minimum Gasteiger partial charge on any atom is -0.366 e. The van der Waals surface area contributed by atoms with Gasteiger partial charge < -0.3 is 15.2 Å². The van der Waals surface area contributed by atoms with Crippen LogP contribution >= 0.6 is 0 Å². The van der Waals surface area contributed by atoms with Gasteiger partial charge in [0.1, 0.15) is 6.04 Å². The summed E-state index contributed by atoms with van der Waals surface area (Å²) in [4.78, 5) is 13.0. The van der Waals surface area contributed by atoms with Crippen molar-refractivity contribution in [3.63, 3.8) is 0 Å². The summed E-state index contributed by atoms with van der Waals surface area (Å²) in [5.74, 6) is -0.347. The lowest BCUT2D eigenvalue weighted by Gasteiger charge is -2.30. The van der Waals surface area contributed by atoms with Crippen LogP contribution < -0.4 is 10.0 Å². The minimum absolute atomic E-state index is 0.103. The highest BCUT2D eigenvalue weighted by atomic mass is 32.2. The third kappa shape index (κ3) is 5.76. The number of rotatable bonds is 7. The molecule has 7 nitrogen and oxygen atoms in total. The first-order chi connectivity index (χ1) is 13.0. The topological polar surface area (TPSA) is 105 Å². The van der Waals surface area contributed by atoms with E-state index < -0.39 is 34.3 Å². The first-order valence-corrected chi connectivity index (χ1v) is 11.2. The third-order valence-electron chi connectivity index (χ3n) is 4.81. The van der Waals surface area contributed by atoms with Crippen LogP contribution in [-0.2, 0) is 19.6 Å². The summed E-state index contributed by atoms with van der Waals surface area (Å²) in [6.07, 6.45) is 0.586. The summed E-state index contributed by atoms with van der Waals surface area (Å²) in [5, 5.41) is 12.7. The number of aliphatic hydroxyl groups is 1. The van der Waals surface area contributed by atoms with Crippen LogP contribution in [0.1, 0.15) is 49.8 Å². The van der Waals surface area contributed by atoms with Gasteiger partial charge in [0.25, 0.3) is 0 Å². The molecule has 3 atom stereocenters. The number of hydrogen-bond donors (Lipinski definition) is 3. The van der Waals surface area contributed by atoms with Gasteiger partial charge in [-0.25, -0.2) is 8.42 Å². The number of aliphatic hydroxyl groups excluding tert-OH is 1. The fraction of sp³-hybridized carbons (Fsp3) is 0.650. The molecule has 1 amide bonds. The van der Waals surface area contributed by atoms with Crippen LogP contribution in [0.3, 0.4) is 0 Å². The van der Waals surface area contributed by atoms with E-state index in [1.807, 2.05) is 32.9 Å². The van der Waals surface area contributed by atoms with E-state index in [9.17, 15) is 18.3 Å². The number of nitrogens with one attached hydrogen (secondary N) is 2. The van der Waals surface area contributed by atoms with Crippen LogP contribution in [0, 0.1) is 26.7 Å². The molecule has 8 heteroatoms. The molecule has 28 heavy (non-hydrogen) atoms. The minimum atomic E-state index is -3.89. The van der Waals surface area contributed by atoms with Gasteiger partial charge in [-0.2, -0.15) is 4.72 Å². The van der Waals surface area contributed by atoms with E-state index in [1.54, 1.807) is 13.8 Å². The van der Waals surface area contributed by atoms with Crippen molar-refractivity contribution in [3.05, 3.63) is 28.8 Å². The fourth-order valence-electron chi connectivity index (χ4n) is 3.71. The fourth-order valence-corrected chi connectivity index (χ4v) is 5.37. The number of benzene rings is 1. The molecular weight excluding hydrogens is 380 g/mol. The number of carbonyl (C=O) groups excluding carboxylic acids is 1. The maximum Gasteiger partial charge on any atom is 0.241 e. The standard InChI is InChI=1S/C20H32N2O5S/c1-12(2)9-17(19(23)21-16-7-6-8-27-20(16)24)22-28(25,26)18-14(4)10-13(3)11-15(18)5/h10-12,16-17,20,22,24H,6-9H2,1-5H3,(H,21,23)/t16-,17-,20?/m0/s1. The smallest absolute Gasteiger partial charge is 0.241 e. The van der Waals surface area contributed by atoms with Gasteiger partial charge in [0.2, 0.25) is 15.9 Å². The summed E-state index contributed by atoms with van der Waals surface area (Å²) in [5.41, 5.74) is 2.27. The zero-order chi connectivity index (χ0) is 21.1. The van der Waals surface area contributed by atoms with E-state index in [0.29, 0.717) is 30.6 Å². The zero-order valence-corrected chi connectivity index (χ0v) is 18.1. The van der Waals surface area contributed by atoms with Crippen LogP contribution in [-0.4, -0.2) is 44.4 Å². The van der Waals surface area contributed by atoms with Crippen molar-refractivity contribution in [1.29, 1.82) is 0 Å². The van der Waals surface area contributed by atoms with Crippen LogP contribution in [0.15, 0.2) is 17.0 Å². The second-order valence-electron chi connectivity index (χ2n) is 8.05. The van der Waals surface area contributed by atoms with Gasteiger partial charge >= 0.3 is 0 Å². The summed E-state index contributed by atoms with van der Waals surface area (Å²) in [6.45, 7) is 9.71. The first kappa shape index (κ1) is 22.8. The largest absolute Gasteiger partial charge is 0.366 e. The normalized spacial score (nSPS) is 21.5. The Morgan fingerprint density at radius 1 is 1.25 bits per heavy atom. The van der Waals surface area contributed by atoms with Crippen LogP contribution in [0.5, 0.6) is 0 Å². The molecule has 1 heterocycles. The van der Waals surface area contributed by atoms with Gasteiger partial charge in [-0.1, -0.05) is 31.5 Å². The van der Waals surface area contributed by atoms with Crippen molar-refractivity contribution >= 4 is 15.9 Å². The molecule has 1 fully saturated rings. The number of sulfonamides is 1. The lowest BCUT2D eigenvalue weighted by molar-refractivity contribution is -0.151. The van der Waals surface area contributed by atoms with Gasteiger partial charge in [0.15, 0.2) is 6.29 Å². The molecule has 1 aliphatic rings. The van der Waals surface area contributed by atoms with E-state index in [-0.39, 0.29) is 10.8 Å². The Morgan fingerprint density at radius 3 is 2.39 bits per heavy atom. The van der Waals surface area contributed by atoms with Gasteiger partial charge in [-0.15, -0.1) is 0 Å². The Morgan fingerprint density at radius 2 is 1.86 bits per heavy atom. The average molecular weight is 413 g/mol. The highest BCUT2D eigenvalue weighted by molar-refractivity contribution is 7.89. The number of carbonyl (C=O) groups is 1. The van der Waals surface area contributed by atoms with E-state index in [1.165, 1.54) is 0 Å². The van der Waals surface area contributed by atoms with Crippen LogP contribution in [0.2, 0.25) is 0 Å². The molecule has 1 aromatic rings. The maximum absolute atomic E-state index is 13.1. The summed E-state index contributed by atoms with van der Waals surface area (Å²) < 4.78 is 33.9. The van der Waals surface area contributed by atoms with Gasteiger partial charge in [-0.05, 0) is 57.1 Å². The first-order valence-electron chi connectivity index (χ1n) is 9.71. The van der Waals surface area contributed by atoms with Gasteiger partial charge in [0, 0.05) is 6.61 Å². The molecule has 0 spiro atoms. The van der Waals surface area contributed by atoms with Crippen molar-refractivity contribution in [2.45, 2.75) is 77.2 Å². The highest BCUT2D eigenvalue weighted by Gasteiger charge is 2.32. The average Bonchev–Trinajstić information content (AvgIpc) is 2.54. The van der Waals surface area contributed by atoms with E-state index >= 15 is 0 Å². The Bertz CT molecular complexity index is 784. The Hall–Kier alpha value is -1.48. The van der Waals surface area contributed by atoms with E-state index in [2.05, 4.69) is 10.0 Å². The molecule has 2 rings (SSSR count). The lowest BCUT2D eigenvalue weighted by Crippen LogP contribution is -2.54. The van der Waals surface area contributed by atoms with Crippen molar-refractivity contribution in [2.24, 2.45) is 5.92 Å². The van der Waals surface area contributed by atoms with Crippen LogP contribution in [0.25, 0.3) is 0 Å². The Balaban J connectivity index is 2.24. The predicted octanol–water partition coefficient (Wildman–Crippen LogP) is 1.92. The molecular formula is C20H32N2O5S. The molecule has 0 saturated carbocycles. The molecule has 0 bridgehead atoms. The number of ether oxygens (including phenoxy) is 1. The zero-order valence-electron chi connectivity index (χ0n) is 17.3. The second kappa shape index (κ2) is 9.35. The lowest BCUT2D eigenvalue weighted by atomic mass is 10.0. The molecule has 0 aliphatic carbocycles. The summed E-state index contributed by atoms with van der Waals surface area (Å²) in [6, 6.07) is 2.16. The predicted molar refractivity (Wildman–Crippen MR) is 107 cm³/mol. The summed E-state index contributed by atoms with van der Waals surface area (Å²) >= 11 is 0. The Kier molecular flexibility index (Phi) is 7.61. The number of hydrogen-bond acceptors (Lipinski definition) is 5. The molecule has 3 N–H and O–H groups in total. The molecule has 0 aromatic heterocycles. The monoisotopic (exact) mass is 412 g/mol. The number of amides is 1. The van der Waals surface area contributed by atoms with Crippen molar-refractivity contribution < 1.29 is 23.1 Å². The third-order valence-corrected chi connectivity index (χ3v) is 6.59. The molecule has 1 unspecified atom stereocenters. The maximum atomic E-state index is 13.1. The quantitative estimate of drug-likeness (QED) is 0.635. The molecule has 158 valence electrons. The molecule has 0 radical (unpaired) electrons. The Labute approximate surface area is 167 Å². The molecule has 1 aliphatic heterocycles. The highest BCUT2D eigenvalue weighted by Crippen LogP contribution is 2.23. The van der Waals surface area contributed by atoms with Gasteiger partial charge in [0.05, 0.1) is 10.9 Å². The van der Waals surface area contributed by atoms with E-state index in [4.69, 9.17) is 4.74 Å². The van der Waals surface area contributed by atoms with E-state index in [0.717, 1.165) is 12.0 Å². The molecule has 1 saturated heterocycles. The van der Waals surface area contributed by atoms with Crippen LogP contribution in [0.4, 0.5) is 0 Å². The number of aryl methyl sites for hydroxylation is 3. The molecule has 1 aromatic carbocycles. The van der Waals surface area contributed by atoms with Crippen molar-refractivity contribution in [2.75, 3.05) is 6.61 Å². The van der Waals surface area contributed by atoms with Gasteiger partial charge in [-0.3, -0.25) is 4.79 Å².